The van der Waals surface area contributed by atoms with Crippen LogP contribution in [0, 0.1) is 5.92 Å². The van der Waals surface area contributed by atoms with E-state index in [0.717, 1.165) is 32.4 Å². The average molecular weight is 277 g/mol. The van der Waals surface area contributed by atoms with E-state index in [0.29, 0.717) is 25.6 Å². The molecule has 1 aliphatic rings. The van der Waals surface area contributed by atoms with E-state index in [1.807, 2.05) is 0 Å². The van der Waals surface area contributed by atoms with Crippen molar-refractivity contribution < 1.29 is 8.42 Å². The van der Waals surface area contributed by atoms with Crippen molar-refractivity contribution in [2.45, 2.75) is 33.1 Å². The molecule has 1 saturated heterocycles. The molecule has 108 valence electrons. The van der Waals surface area contributed by atoms with Crippen molar-refractivity contribution in [3.8, 4) is 0 Å². The van der Waals surface area contributed by atoms with Gasteiger partial charge in [-0.15, -0.1) is 0 Å². The van der Waals surface area contributed by atoms with Crippen LogP contribution in [-0.4, -0.2) is 56.8 Å². The molecule has 0 spiro atoms. The molecular weight excluding hydrogens is 250 g/mol. The molecule has 18 heavy (non-hydrogen) atoms. The lowest BCUT2D eigenvalue weighted by molar-refractivity contribution is 0.381. The van der Waals surface area contributed by atoms with E-state index < -0.39 is 10.2 Å². The van der Waals surface area contributed by atoms with Crippen LogP contribution in [0.1, 0.15) is 33.1 Å². The largest absolute Gasteiger partial charge is 0.317 e. The van der Waals surface area contributed by atoms with Crippen LogP contribution in [0.3, 0.4) is 0 Å². The molecule has 0 amide bonds. The second kappa shape index (κ2) is 7.43. The van der Waals surface area contributed by atoms with Crippen molar-refractivity contribution >= 4 is 10.2 Å². The summed E-state index contributed by atoms with van der Waals surface area (Å²) in [7, 11) is -1.55. The minimum Gasteiger partial charge on any atom is -0.317 e. The predicted octanol–water partition coefficient (Wildman–Crippen LogP) is 0.895. The van der Waals surface area contributed by atoms with Gasteiger partial charge in [0.15, 0.2) is 0 Å². The van der Waals surface area contributed by atoms with Crippen molar-refractivity contribution in [3.63, 3.8) is 0 Å². The Hall–Kier alpha value is -0.170. The molecular formula is C12H27N3O2S. The first kappa shape index (κ1) is 15.9. The van der Waals surface area contributed by atoms with E-state index in [1.54, 1.807) is 11.4 Å². The van der Waals surface area contributed by atoms with Gasteiger partial charge in [-0.05, 0) is 31.8 Å². The lowest BCUT2D eigenvalue weighted by Crippen LogP contribution is -2.41. The van der Waals surface area contributed by atoms with E-state index in [2.05, 4.69) is 19.2 Å². The first-order chi connectivity index (χ1) is 8.52. The lowest BCUT2D eigenvalue weighted by Gasteiger charge is -2.24. The molecule has 0 aliphatic carbocycles. The molecule has 0 bridgehead atoms. The van der Waals surface area contributed by atoms with Crippen LogP contribution in [0.25, 0.3) is 0 Å². The standard InChI is InChI=1S/C12H27N3O2S/c1-4-12-7-10-15(11-12)18(16,17)14(3)9-6-8-13-5-2/h12-13H,4-11H2,1-3H3. The Kier molecular flexibility index (Phi) is 6.55. The minimum absolute atomic E-state index is 0.537. The third-order valence-corrected chi connectivity index (χ3v) is 5.58. The van der Waals surface area contributed by atoms with E-state index in [4.69, 9.17) is 0 Å². The summed E-state index contributed by atoms with van der Waals surface area (Å²) in [6.45, 7) is 7.93. The van der Waals surface area contributed by atoms with Crippen LogP contribution in [0.15, 0.2) is 0 Å². The minimum atomic E-state index is -3.23. The highest BCUT2D eigenvalue weighted by Gasteiger charge is 2.32. The third-order valence-electron chi connectivity index (χ3n) is 3.62. The zero-order chi connectivity index (χ0) is 13.6. The predicted molar refractivity (Wildman–Crippen MR) is 74.7 cm³/mol. The van der Waals surface area contributed by atoms with E-state index in [1.165, 1.54) is 4.31 Å². The van der Waals surface area contributed by atoms with E-state index >= 15 is 0 Å². The fourth-order valence-electron chi connectivity index (χ4n) is 2.26. The van der Waals surface area contributed by atoms with Gasteiger partial charge in [0.25, 0.3) is 10.2 Å². The monoisotopic (exact) mass is 277 g/mol. The molecule has 6 heteroatoms. The molecule has 1 heterocycles. The van der Waals surface area contributed by atoms with Gasteiger partial charge >= 0.3 is 0 Å². The molecule has 1 atom stereocenters. The lowest BCUT2D eigenvalue weighted by atomic mass is 10.1. The van der Waals surface area contributed by atoms with Crippen LogP contribution in [-0.2, 0) is 10.2 Å². The summed E-state index contributed by atoms with van der Waals surface area (Å²) < 4.78 is 27.7. The average Bonchev–Trinajstić information content (AvgIpc) is 2.83. The van der Waals surface area contributed by atoms with Crippen molar-refractivity contribution in [1.29, 1.82) is 0 Å². The maximum atomic E-state index is 12.3. The van der Waals surface area contributed by atoms with Crippen molar-refractivity contribution in [3.05, 3.63) is 0 Å². The van der Waals surface area contributed by atoms with Gasteiger partial charge in [-0.25, -0.2) is 0 Å². The Morgan fingerprint density at radius 3 is 2.67 bits per heavy atom. The van der Waals surface area contributed by atoms with Gasteiger partial charge in [0.2, 0.25) is 0 Å². The molecule has 0 aromatic heterocycles. The van der Waals surface area contributed by atoms with Gasteiger partial charge in [0, 0.05) is 26.7 Å². The quantitative estimate of drug-likeness (QED) is 0.671. The summed E-state index contributed by atoms with van der Waals surface area (Å²) in [5, 5.41) is 3.21. The topological polar surface area (TPSA) is 52.7 Å². The van der Waals surface area contributed by atoms with Gasteiger partial charge in [0.1, 0.15) is 0 Å². The second-order valence-corrected chi connectivity index (χ2v) is 6.99. The van der Waals surface area contributed by atoms with Crippen molar-refractivity contribution in [1.82, 2.24) is 13.9 Å². The molecule has 5 nitrogen and oxygen atoms in total. The summed E-state index contributed by atoms with van der Waals surface area (Å²) in [5.41, 5.74) is 0. The maximum absolute atomic E-state index is 12.3. The summed E-state index contributed by atoms with van der Waals surface area (Å²) in [6.07, 6.45) is 2.92. The van der Waals surface area contributed by atoms with Crippen molar-refractivity contribution in [2.75, 3.05) is 39.8 Å². The van der Waals surface area contributed by atoms with E-state index in [9.17, 15) is 8.42 Å². The number of nitrogens with zero attached hydrogens (tertiary/aromatic N) is 2. The van der Waals surface area contributed by atoms with Crippen LogP contribution >= 0.6 is 0 Å². The summed E-state index contributed by atoms with van der Waals surface area (Å²) in [5.74, 6) is 0.537. The van der Waals surface area contributed by atoms with Crippen LogP contribution < -0.4 is 5.32 Å². The highest BCUT2D eigenvalue weighted by atomic mass is 32.2. The highest BCUT2D eigenvalue weighted by Crippen LogP contribution is 2.23. The smallest absolute Gasteiger partial charge is 0.281 e. The molecule has 1 rings (SSSR count). The molecule has 1 unspecified atom stereocenters. The molecule has 0 saturated carbocycles. The number of nitrogens with one attached hydrogen (secondary N) is 1. The molecule has 1 fully saturated rings. The number of hydrogen-bond donors (Lipinski definition) is 1. The molecule has 1 N–H and O–H groups in total. The summed E-state index contributed by atoms with van der Waals surface area (Å²) in [4.78, 5) is 0. The zero-order valence-corrected chi connectivity index (χ0v) is 12.7. The summed E-state index contributed by atoms with van der Waals surface area (Å²) in [6, 6.07) is 0. The van der Waals surface area contributed by atoms with Gasteiger partial charge in [0.05, 0.1) is 0 Å². The first-order valence-electron chi connectivity index (χ1n) is 6.94. The Morgan fingerprint density at radius 1 is 1.39 bits per heavy atom. The molecule has 0 radical (unpaired) electrons. The molecule has 0 aromatic rings. The Bertz CT molecular complexity index is 332. The molecule has 1 aliphatic heterocycles. The van der Waals surface area contributed by atoms with Crippen LogP contribution in [0.4, 0.5) is 0 Å². The summed E-state index contributed by atoms with van der Waals surface area (Å²) >= 11 is 0. The highest BCUT2D eigenvalue weighted by molar-refractivity contribution is 7.86. The number of rotatable bonds is 8. The van der Waals surface area contributed by atoms with Gasteiger partial charge in [-0.1, -0.05) is 20.3 Å². The Morgan fingerprint density at radius 2 is 2.11 bits per heavy atom. The number of hydrogen-bond acceptors (Lipinski definition) is 3. The van der Waals surface area contributed by atoms with Gasteiger partial charge in [-0.3, -0.25) is 0 Å². The fraction of sp³-hybridized carbons (Fsp3) is 1.00. The third kappa shape index (κ3) is 4.19. The van der Waals surface area contributed by atoms with Crippen LogP contribution in [0.2, 0.25) is 0 Å². The SMILES string of the molecule is CCNCCCN(C)S(=O)(=O)N1CCC(CC)C1. The maximum Gasteiger partial charge on any atom is 0.281 e. The Labute approximate surface area is 112 Å². The Balaban J connectivity index is 2.42. The van der Waals surface area contributed by atoms with E-state index in [-0.39, 0.29) is 0 Å². The van der Waals surface area contributed by atoms with Gasteiger partial charge in [-0.2, -0.15) is 17.0 Å². The van der Waals surface area contributed by atoms with Crippen LogP contribution in [0.5, 0.6) is 0 Å². The normalized spacial score (nSPS) is 21.9. The van der Waals surface area contributed by atoms with Crippen molar-refractivity contribution in [2.24, 2.45) is 5.92 Å². The zero-order valence-electron chi connectivity index (χ0n) is 11.9. The first-order valence-corrected chi connectivity index (χ1v) is 8.34. The second-order valence-electron chi connectivity index (χ2n) is 4.96. The fourth-order valence-corrected chi connectivity index (χ4v) is 3.75. The molecule has 0 aromatic carbocycles. The van der Waals surface area contributed by atoms with Gasteiger partial charge < -0.3 is 5.32 Å².